The van der Waals surface area contributed by atoms with Gasteiger partial charge in [-0.25, -0.2) is 4.98 Å². The molecule has 0 amide bonds. The Labute approximate surface area is 99.4 Å². The summed E-state index contributed by atoms with van der Waals surface area (Å²) >= 11 is 5.67. The topological polar surface area (TPSA) is 37.9 Å². The summed E-state index contributed by atoms with van der Waals surface area (Å²) < 4.78 is 5.30. The fraction of sp³-hybridized carbons (Fsp3) is 0.250. The zero-order valence-corrected chi connectivity index (χ0v) is 9.79. The van der Waals surface area contributed by atoms with E-state index in [1.165, 1.54) is 0 Å². The van der Waals surface area contributed by atoms with Gasteiger partial charge < -0.3 is 9.72 Å². The number of nitrogens with zero attached hydrogens (tertiary/aromatic N) is 1. The monoisotopic (exact) mass is 236 g/mol. The number of benzene rings is 1. The Hall–Kier alpha value is -1.48. The SMILES string of the molecule is COc1ccccc1-c1cnc(CCCl)[nH]1. The van der Waals surface area contributed by atoms with Gasteiger partial charge >= 0.3 is 0 Å². The molecule has 0 atom stereocenters. The van der Waals surface area contributed by atoms with Gasteiger partial charge in [-0.1, -0.05) is 12.1 Å². The zero-order chi connectivity index (χ0) is 11.4. The second-order valence-corrected chi connectivity index (χ2v) is 3.76. The number of hydrogen-bond acceptors (Lipinski definition) is 2. The Kier molecular flexibility index (Phi) is 3.47. The van der Waals surface area contributed by atoms with Crippen molar-refractivity contribution in [2.45, 2.75) is 6.42 Å². The summed E-state index contributed by atoms with van der Waals surface area (Å²) in [7, 11) is 1.66. The van der Waals surface area contributed by atoms with Crippen molar-refractivity contribution >= 4 is 11.6 Å². The molecule has 2 aromatic rings. The normalized spacial score (nSPS) is 10.4. The molecule has 0 saturated carbocycles. The molecule has 84 valence electrons. The number of nitrogens with one attached hydrogen (secondary N) is 1. The van der Waals surface area contributed by atoms with E-state index in [1.54, 1.807) is 13.3 Å². The third-order valence-corrected chi connectivity index (χ3v) is 2.55. The molecule has 1 N–H and O–H groups in total. The van der Waals surface area contributed by atoms with Crippen molar-refractivity contribution in [3.63, 3.8) is 0 Å². The smallest absolute Gasteiger partial charge is 0.128 e. The second kappa shape index (κ2) is 5.03. The van der Waals surface area contributed by atoms with E-state index in [-0.39, 0.29) is 0 Å². The molecule has 0 bridgehead atoms. The average molecular weight is 237 g/mol. The largest absolute Gasteiger partial charge is 0.496 e. The molecular formula is C12H13ClN2O. The molecule has 0 aliphatic rings. The lowest BCUT2D eigenvalue weighted by Crippen LogP contribution is -1.90. The average Bonchev–Trinajstić information content (AvgIpc) is 2.78. The second-order valence-electron chi connectivity index (χ2n) is 3.38. The summed E-state index contributed by atoms with van der Waals surface area (Å²) in [6.07, 6.45) is 2.55. The minimum absolute atomic E-state index is 0.568. The van der Waals surface area contributed by atoms with Crippen LogP contribution in [0.1, 0.15) is 5.82 Å². The molecule has 0 saturated heterocycles. The van der Waals surface area contributed by atoms with Crippen LogP contribution < -0.4 is 4.74 Å². The van der Waals surface area contributed by atoms with Crippen molar-refractivity contribution < 1.29 is 4.74 Å². The summed E-state index contributed by atoms with van der Waals surface area (Å²) in [6.45, 7) is 0. The number of aryl methyl sites for hydroxylation is 1. The number of halogens is 1. The van der Waals surface area contributed by atoms with Crippen LogP contribution in [0.2, 0.25) is 0 Å². The number of aromatic amines is 1. The van der Waals surface area contributed by atoms with Crippen LogP contribution in [0.15, 0.2) is 30.5 Å². The van der Waals surface area contributed by atoms with E-state index in [0.29, 0.717) is 5.88 Å². The maximum atomic E-state index is 5.67. The fourth-order valence-corrected chi connectivity index (χ4v) is 1.76. The minimum Gasteiger partial charge on any atom is -0.496 e. The number of aromatic nitrogens is 2. The van der Waals surface area contributed by atoms with E-state index in [0.717, 1.165) is 29.3 Å². The van der Waals surface area contributed by atoms with Gasteiger partial charge in [-0.3, -0.25) is 0 Å². The zero-order valence-electron chi connectivity index (χ0n) is 9.03. The standard InChI is InChI=1S/C12H13ClN2O/c1-16-11-5-3-2-4-9(11)10-8-14-12(15-10)6-7-13/h2-5,8H,6-7H2,1H3,(H,14,15). The number of rotatable bonds is 4. The lowest BCUT2D eigenvalue weighted by Gasteiger charge is -2.05. The number of alkyl halides is 1. The van der Waals surface area contributed by atoms with Crippen molar-refractivity contribution in [3.8, 4) is 17.0 Å². The quantitative estimate of drug-likeness (QED) is 0.829. The number of imidazole rings is 1. The van der Waals surface area contributed by atoms with Gasteiger partial charge in [0.25, 0.3) is 0 Å². The van der Waals surface area contributed by atoms with Crippen molar-refractivity contribution in [1.29, 1.82) is 0 Å². The lowest BCUT2D eigenvalue weighted by molar-refractivity contribution is 0.416. The number of methoxy groups -OCH3 is 1. The summed E-state index contributed by atoms with van der Waals surface area (Å²) in [4.78, 5) is 7.49. The highest BCUT2D eigenvalue weighted by Gasteiger charge is 2.07. The summed E-state index contributed by atoms with van der Waals surface area (Å²) in [5.41, 5.74) is 1.97. The highest BCUT2D eigenvalue weighted by Crippen LogP contribution is 2.27. The Morgan fingerprint density at radius 3 is 2.94 bits per heavy atom. The van der Waals surface area contributed by atoms with Crippen molar-refractivity contribution in [2.75, 3.05) is 13.0 Å². The minimum atomic E-state index is 0.568. The first kappa shape index (κ1) is 11.0. The van der Waals surface area contributed by atoms with Gasteiger partial charge in [0.1, 0.15) is 11.6 Å². The number of hydrogen-bond donors (Lipinski definition) is 1. The third kappa shape index (κ3) is 2.19. The van der Waals surface area contributed by atoms with E-state index < -0.39 is 0 Å². The van der Waals surface area contributed by atoms with Crippen molar-refractivity contribution in [2.24, 2.45) is 0 Å². The van der Waals surface area contributed by atoms with Crippen LogP contribution in [0.25, 0.3) is 11.3 Å². The van der Waals surface area contributed by atoms with E-state index >= 15 is 0 Å². The van der Waals surface area contributed by atoms with Crippen LogP contribution in [0.5, 0.6) is 5.75 Å². The van der Waals surface area contributed by atoms with Gasteiger partial charge in [0.15, 0.2) is 0 Å². The molecule has 0 radical (unpaired) electrons. The molecule has 1 aromatic heterocycles. The highest BCUT2D eigenvalue weighted by molar-refractivity contribution is 6.17. The van der Waals surface area contributed by atoms with Crippen LogP contribution in [0, 0.1) is 0 Å². The maximum absolute atomic E-state index is 5.67. The van der Waals surface area contributed by atoms with Crippen LogP contribution >= 0.6 is 11.6 Å². The van der Waals surface area contributed by atoms with Gasteiger partial charge in [0.05, 0.1) is 19.0 Å². The van der Waals surface area contributed by atoms with Gasteiger partial charge in [-0.15, -0.1) is 11.6 Å². The highest BCUT2D eigenvalue weighted by atomic mass is 35.5. The first-order valence-electron chi connectivity index (χ1n) is 5.08. The molecular weight excluding hydrogens is 224 g/mol. The summed E-state index contributed by atoms with van der Waals surface area (Å²) in [5, 5.41) is 0. The molecule has 0 unspecified atom stereocenters. The molecule has 0 spiro atoms. The summed E-state index contributed by atoms with van der Waals surface area (Å²) in [6, 6.07) is 7.84. The lowest BCUT2D eigenvalue weighted by atomic mass is 10.1. The third-order valence-electron chi connectivity index (χ3n) is 2.36. The summed E-state index contributed by atoms with van der Waals surface area (Å²) in [5.74, 6) is 2.30. The van der Waals surface area contributed by atoms with E-state index in [9.17, 15) is 0 Å². The number of ether oxygens (including phenoxy) is 1. The van der Waals surface area contributed by atoms with Gasteiger partial charge in [-0.05, 0) is 12.1 Å². The Morgan fingerprint density at radius 2 is 2.19 bits per heavy atom. The first-order valence-corrected chi connectivity index (χ1v) is 5.62. The molecule has 0 fully saturated rings. The Balaban J connectivity index is 2.34. The molecule has 0 aliphatic heterocycles. The maximum Gasteiger partial charge on any atom is 0.128 e. The van der Waals surface area contributed by atoms with Gasteiger partial charge in [-0.2, -0.15) is 0 Å². The fourth-order valence-electron chi connectivity index (χ4n) is 1.58. The van der Waals surface area contributed by atoms with E-state index in [2.05, 4.69) is 9.97 Å². The molecule has 3 nitrogen and oxygen atoms in total. The van der Waals surface area contributed by atoms with Crippen molar-refractivity contribution in [3.05, 3.63) is 36.3 Å². The predicted octanol–water partition coefficient (Wildman–Crippen LogP) is 2.87. The molecule has 1 heterocycles. The molecule has 2 rings (SSSR count). The molecule has 1 aromatic carbocycles. The van der Waals surface area contributed by atoms with Crippen LogP contribution in [-0.4, -0.2) is 23.0 Å². The van der Waals surface area contributed by atoms with E-state index in [1.807, 2.05) is 24.3 Å². The molecule has 0 aliphatic carbocycles. The Morgan fingerprint density at radius 1 is 1.38 bits per heavy atom. The Bertz CT molecular complexity index is 468. The van der Waals surface area contributed by atoms with Gasteiger partial charge in [0, 0.05) is 17.9 Å². The van der Waals surface area contributed by atoms with Crippen LogP contribution in [0.3, 0.4) is 0 Å². The number of para-hydroxylation sites is 1. The predicted molar refractivity (Wildman–Crippen MR) is 65.0 cm³/mol. The van der Waals surface area contributed by atoms with Gasteiger partial charge in [0.2, 0.25) is 0 Å². The molecule has 4 heteroatoms. The molecule has 16 heavy (non-hydrogen) atoms. The van der Waals surface area contributed by atoms with E-state index in [4.69, 9.17) is 16.3 Å². The number of H-pyrrole nitrogens is 1. The van der Waals surface area contributed by atoms with Crippen molar-refractivity contribution in [1.82, 2.24) is 9.97 Å². The van der Waals surface area contributed by atoms with Crippen LogP contribution in [0.4, 0.5) is 0 Å². The van der Waals surface area contributed by atoms with Crippen LogP contribution in [-0.2, 0) is 6.42 Å². The first-order chi connectivity index (χ1) is 7.85.